The molecule has 4 saturated carbocycles. The molecule has 2 heteroatoms. The van der Waals surface area contributed by atoms with Crippen LogP contribution in [-0.2, 0) is 0 Å². The third kappa shape index (κ3) is 3.03. The standard InChI is InChI=1S/C30H52O2/c1-20(2)22-11-12-23-26(22,5)15-17-29(8)24-13-14-30(32,21(3)4)25(10-9-19-31)27(24,6)16-18-28(23,29)7/h20,22-25,31-32H,3,9-19H2,1-2,4-8H3/t22-,23-,24+,25+,26-,27+,28+,29-,30-/m1/s1. The molecule has 0 saturated heterocycles. The van der Waals surface area contributed by atoms with Gasteiger partial charge in [-0.1, -0.05) is 48.1 Å². The predicted octanol–water partition coefficient (Wildman–Crippen LogP) is 7.39. The third-order valence-electron chi connectivity index (χ3n) is 12.8. The largest absolute Gasteiger partial charge is 0.396 e. The van der Waals surface area contributed by atoms with Crippen molar-refractivity contribution in [2.45, 2.75) is 118 Å². The fourth-order valence-electron chi connectivity index (χ4n) is 11.0. The minimum absolute atomic E-state index is 0.124. The fourth-order valence-corrected chi connectivity index (χ4v) is 11.0. The molecule has 0 amide bonds. The molecule has 0 spiro atoms. The summed E-state index contributed by atoms with van der Waals surface area (Å²) in [6.07, 6.45) is 11.7. The van der Waals surface area contributed by atoms with Gasteiger partial charge in [-0.15, -0.1) is 0 Å². The van der Waals surface area contributed by atoms with E-state index in [9.17, 15) is 10.2 Å². The van der Waals surface area contributed by atoms with Crippen LogP contribution in [0.2, 0.25) is 0 Å². The highest BCUT2D eigenvalue weighted by Gasteiger charge is 2.71. The van der Waals surface area contributed by atoms with Crippen LogP contribution in [0, 0.1) is 51.2 Å². The van der Waals surface area contributed by atoms with E-state index in [1.807, 2.05) is 6.92 Å². The van der Waals surface area contributed by atoms with Gasteiger partial charge in [0.25, 0.3) is 0 Å². The van der Waals surface area contributed by atoms with Crippen molar-refractivity contribution >= 4 is 0 Å². The number of fused-ring (bicyclic) bond motifs is 5. The summed E-state index contributed by atoms with van der Waals surface area (Å²) < 4.78 is 0. The van der Waals surface area contributed by atoms with Gasteiger partial charge < -0.3 is 10.2 Å². The van der Waals surface area contributed by atoms with Crippen molar-refractivity contribution in [3.63, 3.8) is 0 Å². The average Bonchev–Trinajstić information content (AvgIpc) is 3.08. The minimum Gasteiger partial charge on any atom is -0.396 e. The van der Waals surface area contributed by atoms with Gasteiger partial charge in [0.05, 0.1) is 5.60 Å². The van der Waals surface area contributed by atoms with E-state index in [-0.39, 0.29) is 17.9 Å². The highest BCUT2D eigenvalue weighted by atomic mass is 16.3. The van der Waals surface area contributed by atoms with Crippen molar-refractivity contribution in [3.8, 4) is 0 Å². The van der Waals surface area contributed by atoms with Crippen molar-refractivity contribution in [2.75, 3.05) is 6.61 Å². The molecular weight excluding hydrogens is 392 g/mol. The minimum atomic E-state index is -0.774. The maximum absolute atomic E-state index is 11.9. The maximum atomic E-state index is 11.9. The molecular formula is C30H52O2. The Balaban J connectivity index is 1.74. The van der Waals surface area contributed by atoms with Crippen molar-refractivity contribution in [2.24, 2.45) is 51.2 Å². The molecule has 0 aromatic rings. The van der Waals surface area contributed by atoms with Crippen LogP contribution in [0.15, 0.2) is 12.2 Å². The third-order valence-corrected chi connectivity index (χ3v) is 12.8. The van der Waals surface area contributed by atoms with Crippen LogP contribution in [0.4, 0.5) is 0 Å². The summed E-state index contributed by atoms with van der Waals surface area (Å²) >= 11 is 0. The van der Waals surface area contributed by atoms with Crippen molar-refractivity contribution in [3.05, 3.63) is 12.2 Å². The zero-order valence-electron chi connectivity index (χ0n) is 22.3. The second-order valence-corrected chi connectivity index (χ2v) is 14.0. The van der Waals surface area contributed by atoms with E-state index in [0.29, 0.717) is 22.2 Å². The lowest BCUT2D eigenvalue weighted by molar-refractivity contribution is -0.245. The maximum Gasteiger partial charge on any atom is 0.0884 e. The summed E-state index contributed by atoms with van der Waals surface area (Å²) in [5.74, 6) is 3.36. The smallest absolute Gasteiger partial charge is 0.0884 e. The van der Waals surface area contributed by atoms with E-state index in [0.717, 1.165) is 49.0 Å². The second kappa shape index (κ2) is 7.84. The summed E-state index contributed by atoms with van der Waals surface area (Å²) in [6.45, 7) is 21.9. The number of hydrogen-bond donors (Lipinski definition) is 2. The number of aliphatic hydroxyl groups is 2. The van der Waals surface area contributed by atoms with E-state index < -0.39 is 5.60 Å². The van der Waals surface area contributed by atoms with Crippen LogP contribution in [-0.4, -0.2) is 22.4 Å². The summed E-state index contributed by atoms with van der Waals surface area (Å²) in [5.41, 5.74) is 1.52. The first kappa shape index (κ1) is 24.8. The van der Waals surface area contributed by atoms with Crippen molar-refractivity contribution < 1.29 is 10.2 Å². The lowest BCUT2D eigenvalue weighted by Gasteiger charge is -2.72. The molecule has 0 aromatic carbocycles. The molecule has 0 heterocycles. The molecule has 4 aliphatic rings. The van der Waals surface area contributed by atoms with Crippen molar-refractivity contribution in [1.29, 1.82) is 0 Å². The summed E-state index contributed by atoms with van der Waals surface area (Å²) in [6, 6.07) is 0. The molecule has 0 radical (unpaired) electrons. The Kier molecular flexibility index (Phi) is 6.07. The monoisotopic (exact) mass is 444 g/mol. The lowest BCUT2D eigenvalue weighted by Crippen LogP contribution is -2.67. The molecule has 0 aromatic heterocycles. The van der Waals surface area contributed by atoms with Crippen LogP contribution in [0.5, 0.6) is 0 Å². The molecule has 184 valence electrons. The molecule has 2 nitrogen and oxygen atoms in total. The van der Waals surface area contributed by atoms with Crippen LogP contribution in [0.1, 0.15) is 113 Å². The number of hydrogen-bond acceptors (Lipinski definition) is 2. The zero-order chi connectivity index (χ0) is 23.7. The van der Waals surface area contributed by atoms with Gasteiger partial charge in [-0.3, -0.25) is 0 Å². The van der Waals surface area contributed by atoms with Gasteiger partial charge in [0.1, 0.15) is 0 Å². The molecule has 2 N–H and O–H groups in total. The highest BCUT2D eigenvalue weighted by molar-refractivity contribution is 5.24. The topological polar surface area (TPSA) is 40.5 Å². The Morgan fingerprint density at radius 3 is 1.97 bits per heavy atom. The van der Waals surface area contributed by atoms with E-state index in [2.05, 4.69) is 48.1 Å². The van der Waals surface area contributed by atoms with Crippen LogP contribution in [0.3, 0.4) is 0 Å². The van der Waals surface area contributed by atoms with Gasteiger partial charge in [-0.2, -0.15) is 0 Å². The molecule has 4 fully saturated rings. The lowest BCUT2D eigenvalue weighted by atomic mass is 9.33. The van der Waals surface area contributed by atoms with E-state index in [4.69, 9.17) is 0 Å². The van der Waals surface area contributed by atoms with Gasteiger partial charge in [-0.05, 0) is 128 Å². The van der Waals surface area contributed by atoms with E-state index in [1.165, 1.54) is 38.5 Å². The molecule has 0 aliphatic heterocycles. The quantitative estimate of drug-likeness (QED) is 0.434. The Hall–Kier alpha value is -0.340. The number of aliphatic hydroxyl groups excluding tert-OH is 1. The first-order chi connectivity index (χ1) is 14.8. The number of rotatable bonds is 5. The van der Waals surface area contributed by atoms with E-state index in [1.54, 1.807) is 0 Å². The molecule has 9 atom stereocenters. The van der Waals surface area contributed by atoms with Gasteiger partial charge in [-0.25, -0.2) is 0 Å². The van der Waals surface area contributed by atoms with Crippen LogP contribution < -0.4 is 0 Å². The molecule has 0 unspecified atom stereocenters. The van der Waals surface area contributed by atoms with Crippen molar-refractivity contribution in [1.82, 2.24) is 0 Å². The normalized spacial score (nSPS) is 52.9. The zero-order valence-corrected chi connectivity index (χ0v) is 22.3. The SMILES string of the molecule is C=C(C)[C@]1(O)CC[C@H]2[C@](C)(CC[C@@]3(C)[C@@H]4CC[C@H](C(C)C)[C@@]4(C)CC[C@]23C)[C@@H]1CCCO. The predicted molar refractivity (Wildman–Crippen MR) is 134 cm³/mol. The van der Waals surface area contributed by atoms with Crippen LogP contribution in [0.25, 0.3) is 0 Å². The van der Waals surface area contributed by atoms with Gasteiger partial charge in [0.15, 0.2) is 0 Å². The Morgan fingerprint density at radius 1 is 0.875 bits per heavy atom. The van der Waals surface area contributed by atoms with Crippen LogP contribution >= 0.6 is 0 Å². The summed E-state index contributed by atoms with van der Waals surface area (Å²) in [5, 5.41) is 21.6. The molecule has 4 rings (SSSR count). The highest BCUT2D eigenvalue weighted by Crippen LogP contribution is 2.77. The first-order valence-corrected chi connectivity index (χ1v) is 13.8. The molecule has 4 aliphatic carbocycles. The Morgan fingerprint density at radius 2 is 1.44 bits per heavy atom. The average molecular weight is 445 g/mol. The molecule has 32 heavy (non-hydrogen) atoms. The summed E-state index contributed by atoms with van der Waals surface area (Å²) in [4.78, 5) is 0. The fraction of sp³-hybridized carbons (Fsp3) is 0.933. The first-order valence-electron chi connectivity index (χ1n) is 13.8. The molecule has 0 bridgehead atoms. The Labute approximate surface area is 198 Å². The van der Waals surface area contributed by atoms with Gasteiger partial charge in [0.2, 0.25) is 0 Å². The second-order valence-electron chi connectivity index (χ2n) is 14.0. The van der Waals surface area contributed by atoms with Gasteiger partial charge in [0, 0.05) is 6.61 Å². The van der Waals surface area contributed by atoms with E-state index >= 15 is 0 Å². The summed E-state index contributed by atoms with van der Waals surface area (Å²) in [7, 11) is 0. The Bertz CT molecular complexity index is 743. The van der Waals surface area contributed by atoms with Gasteiger partial charge >= 0.3 is 0 Å².